The summed E-state index contributed by atoms with van der Waals surface area (Å²) in [5.41, 5.74) is 4.30. The molecule has 0 bridgehead atoms. The summed E-state index contributed by atoms with van der Waals surface area (Å²) in [7, 11) is -3.87. The third kappa shape index (κ3) is 2.83. The van der Waals surface area contributed by atoms with Crippen LogP contribution >= 0.6 is 11.6 Å². The lowest BCUT2D eigenvalue weighted by Crippen LogP contribution is -2.04. The topological polar surface area (TPSA) is 69.4 Å². The van der Waals surface area contributed by atoms with Crippen molar-refractivity contribution in [3.05, 3.63) is 57.7 Å². The van der Waals surface area contributed by atoms with Crippen molar-refractivity contribution in [3.63, 3.8) is 0 Å². The number of rotatable bonds is 3. The highest BCUT2D eigenvalue weighted by Crippen LogP contribution is 2.43. The van der Waals surface area contributed by atoms with E-state index in [0.717, 1.165) is 24.3 Å². The molecule has 0 radical (unpaired) electrons. The van der Waals surface area contributed by atoms with Crippen LogP contribution in [0.4, 0.5) is 13.2 Å². The molecule has 1 aliphatic rings. The Kier molecular flexibility index (Phi) is 3.97. The molecule has 0 aromatic heterocycles. The van der Waals surface area contributed by atoms with E-state index in [9.17, 15) is 21.6 Å². The molecule has 3 rings (SSSR count). The Morgan fingerprint density at radius 3 is 2.50 bits per heavy atom. The molecule has 0 saturated carbocycles. The van der Waals surface area contributed by atoms with Crippen LogP contribution in [-0.2, 0) is 9.84 Å². The molecule has 0 fully saturated rings. The minimum absolute atomic E-state index is 0.0201. The minimum Gasteiger partial charge on any atom is -0.457 e. The van der Waals surface area contributed by atoms with Crippen LogP contribution < -0.4 is 10.5 Å². The van der Waals surface area contributed by atoms with Gasteiger partial charge in [0.25, 0.3) is 6.43 Å². The number of benzene rings is 2. The van der Waals surface area contributed by atoms with Crippen LogP contribution in [0.5, 0.6) is 11.5 Å². The highest BCUT2D eigenvalue weighted by Gasteiger charge is 2.33. The van der Waals surface area contributed by atoms with Gasteiger partial charge in [0.2, 0.25) is 9.84 Å². The molecule has 0 aliphatic carbocycles. The smallest absolute Gasteiger partial charge is 0.268 e. The van der Waals surface area contributed by atoms with Gasteiger partial charge in [-0.25, -0.2) is 21.6 Å². The number of ether oxygens (including phenoxy) is 1. The van der Waals surface area contributed by atoms with Gasteiger partial charge in [-0.2, -0.15) is 0 Å². The van der Waals surface area contributed by atoms with Crippen LogP contribution in [-0.4, -0.2) is 8.42 Å². The zero-order valence-electron chi connectivity index (χ0n) is 11.8. The Hall–Kier alpha value is -2.19. The van der Waals surface area contributed by atoms with Crippen LogP contribution in [0, 0.1) is 5.82 Å². The molecule has 2 N–H and O–H groups in total. The highest BCUT2D eigenvalue weighted by atomic mass is 35.5. The van der Waals surface area contributed by atoms with Gasteiger partial charge in [0, 0.05) is 16.7 Å². The number of nitrogens with two attached hydrogens (primary N) is 1. The summed E-state index contributed by atoms with van der Waals surface area (Å²) in [6, 6.07) is 5.41. The van der Waals surface area contributed by atoms with Crippen molar-refractivity contribution in [3.8, 4) is 11.5 Å². The van der Waals surface area contributed by atoms with E-state index in [1.54, 1.807) is 0 Å². The standard InChI is InChI=1S/C15H9ClF3NO3S/c16-7-3-8(17)5-9(4-7)23-11-1-2-12-13(14(11)15(18)19)10(20)6-24(12,21)22/h1-6,15H,20H2. The van der Waals surface area contributed by atoms with Gasteiger partial charge < -0.3 is 10.5 Å². The number of alkyl halides is 2. The summed E-state index contributed by atoms with van der Waals surface area (Å²) in [6.45, 7) is 0. The molecule has 9 heteroatoms. The van der Waals surface area contributed by atoms with Gasteiger partial charge in [-0.15, -0.1) is 0 Å². The van der Waals surface area contributed by atoms with Crippen molar-refractivity contribution in [2.45, 2.75) is 11.3 Å². The van der Waals surface area contributed by atoms with E-state index in [0.29, 0.717) is 5.41 Å². The van der Waals surface area contributed by atoms with Gasteiger partial charge >= 0.3 is 0 Å². The molecule has 126 valence electrons. The van der Waals surface area contributed by atoms with Crippen molar-refractivity contribution in [1.29, 1.82) is 0 Å². The zero-order chi connectivity index (χ0) is 17.6. The average Bonchev–Trinajstić information content (AvgIpc) is 2.67. The zero-order valence-corrected chi connectivity index (χ0v) is 13.3. The van der Waals surface area contributed by atoms with Gasteiger partial charge in [-0.1, -0.05) is 11.6 Å². The Bertz CT molecular complexity index is 954. The van der Waals surface area contributed by atoms with Gasteiger partial charge in [0.1, 0.15) is 17.3 Å². The SMILES string of the molecule is NC1=CS(=O)(=O)c2ccc(Oc3cc(F)cc(Cl)c3)c(C(F)F)c21. The summed E-state index contributed by atoms with van der Waals surface area (Å²) >= 11 is 5.70. The summed E-state index contributed by atoms with van der Waals surface area (Å²) in [6.07, 6.45) is -3.06. The first-order chi connectivity index (χ1) is 11.2. The van der Waals surface area contributed by atoms with Crippen molar-refractivity contribution in [1.82, 2.24) is 0 Å². The molecule has 1 aliphatic heterocycles. The van der Waals surface area contributed by atoms with Crippen molar-refractivity contribution in [2.75, 3.05) is 0 Å². The third-order valence-corrected chi connectivity index (χ3v) is 5.06. The molecule has 4 nitrogen and oxygen atoms in total. The maximum absolute atomic E-state index is 13.5. The number of hydrogen-bond donors (Lipinski definition) is 1. The Morgan fingerprint density at radius 2 is 1.88 bits per heavy atom. The Morgan fingerprint density at radius 1 is 1.17 bits per heavy atom. The van der Waals surface area contributed by atoms with E-state index in [1.807, 2.05) is 0 Å². The fraction of sp³-hybridized carbons (Fsp3) is 0.0667. The number of fused-ring (bicyclic) bond motifs is 1. The predicted octanol–water partition coefficient (Wildman–Crippen LogP) is 4.25. The van der Waals surface area contributed by atoms with Gasteiger partial charge in [0.15, 0.2) is 0 Å². The molecule has 0 saturated heterocycles. The molecule has 2 aromatic carbocycles. The predicted molar refractivity (Wildman–Crippen MR) is 82.2 cm³/mol. The van der Waals surface area contributed by atoms with E-state index in [2.05, 4.69) is 0 Å². The lowest BCUT2D eigenvalue weighted by molar-refractivity contribution is 0.147. The van der Waals surface area contributed by atoms with E-state index in [-0.39, 0.29) is 32.7 Å². The Labute approximate surface area is 140 Å². The number of hydrogen-bond acceptors (Lipinski definition) is 4. The first kappa shape index (κ1) is 16.7. The van der Waals surface area contributed by atoms with Crippen LogP contribution in [0.2, 0.25) is 5.02 Å². The van der Waals surface area contributed by atoms with Crippen LogP contribution in [0.1, 0.15) is 17.6 Å². The second-order valence-corrected chi connectivity index (χ2v) is 7.18. The molecule has 0 atom stereocenters. The number of sulfone groups is 1. The molecule has 0 amide bonds. The normalized spacial score (nSPS) is 15.3. The quantitative estimate of drug-likeness (QED) is 0.870. The average molecular weight is 376 g/mol. The monoisotopic (exact) mass is 375 g/mol. The van der Waals surface area contributed by atoms with E-state index in [1.165, 1.54) is 6.07 Å². The first-order valence-corrected chi connectivity index (χ1v) is 8.43. The van der Waals surface area contributed by atoms with Gasteiger partial charge in [0.05, 0.1) is 21.6 Å². The summed E-state index contributed by atoms with van der Waals surface area (Å²) < 4.78 is 69.4. The van der Waals surface area contributed by atoms with Crippen LogP contribution in [0.3, 0.4) is 0 Å². The van der Waals surface area contributed by atoms with Crippen molar-refractivity contribution < 1.29 is 26.3 Å². The summed E-state index contributed by atoms with van der Waals surface area (Å²) in [5.74, 6) is -1.15. The van der Waals surface area contributed by atoms with Gasteiger partial charge in [-0.3, -0.25) is 0 Å². The largest absolute Gasteiger partial charge is 0.457 e. The molecule has 0 unspecified atom stereocenters. The second-order valence-electron chi connectivity index (χ2n) is 4.98. The molecule has 2 aromatic rings. The molecule has 0 spiro atoms. The molecule has 24 heavy (non-hydrogen) atoms. The fourth-order valence-corrected chi connectivity index (χ4v) is 3.99. The first-order valence-electron chi connectivity index (χ1n) is 6.50. The third-order valence-electron chi connectivity index (χ3n) is 3.33. The van der Waals surface area contributed by atoms with E-state index in [4.69, 9.17) is 22.1 Å². The lowest BCUT2D eigenvalue weighted by atomic mass is 10.0. The summed E-state index contributed by atoms with van der Waals surface area (Å²) in [5, 5.41) is 0.735. The summed E-state index contributed by atoms with van der Waals surface area (Å²) in [4.78, 5) is -0.320. The minimum atomic E-state index is -3.87. The van der Waals surface area contributed by atoms with Crippen LogP contribution in [0.25, 0.3) is 5.70 Å². The second kappa shape index (κ2) is 5.71. The number of halogens is 4. The van der Waals surface area contributed by atoms with E-state index >= 15 is 0 Å². The molecule has 1 heterocycles. The lowest BCUT2D eigenvalue weighted by Gasteiger charge is -2.15. The highest BCUT2D eigenvalue weighted by molar-refractivity contribution is 7.95. The fourth-order valence-electron chi connectivity index (χ4n) is 2.42. The molecular weight excluding hydrogens is 367 g/mol. The van der Waals surface area contributed by atoms with Crippen molar-refractivity contribution in [2.24, 2.45) is 5.73 Å². The maximum Gasteiger partial charge on any atom is 0.268 e. The van der Waals surface area contributed by atoms with Crippen LogP contribution in [0.15, 0.2) is 40.6 Å². The van der Waals surface area contributed by atoms with Crippen molar-refractivity contribution >= 4 is 27.1 Å². The maximum atomic E-state index is 13.5. The van der Waals surface area contributed by atoms with Gasteiger partial charge in [-0.05, 0) is 24.3 Å². The Balaban J connectivity index is 2.17. The molecular formula is C15H9ClF3NO3S. The van der Waals surface area contributed by atoms with E-state index < -0.39 is 27.6 Å².